The van der Waals surface area contributed by atoms with E-state index in [0.29, 0.717) is 23.9 Å². The summed E-state index contributed by atoms with van der Waals surface area (Å²) in [6.45, 7) is 2.08. The lowest BCUT2D eigenvalue weighted by Gasteiger charge is -2.34. The van der Waals surface area contributed by atoms with Gasteiger partial charge in [0, 0.05) is 24.0 Å². The Labute approximate surface area is 207 Å². The minimum atomic E-state index is -4.89. The molecule has 196 valence electrons. The molecule has 2 heterocycles. The first-order chi connectivity index (χ1) is 16.5. The van der Waals surface area contributed by atoms with Crippen LogP contribution in [0, 0.1) is 5.92 Å². The highest BCUT2D eigenvalue weighted by atomic mass is 35.5. The van der Waals surface area contributed by atoms with Gasteiger partial charge in [-0.25, -0.2) is 13.1 Å². The number of ether oxygens (including phenoxy) is 1. The zero-order valence-electron chi connectivity index (χ0n) is 19.0. The van der Waals surface area contributed by atoms with Gasteiger partial charge in [0.1, 0.15) is 0 Å². The number of hydrogen-bond donors (Lipinski definition) is 4. The third-order valence-electron chi connectivity index (χ3n) is 6.90. The molecule has 1 saturated carbocycles. The minimum absolute atomic E-state index is 0.0830. The normalized spacial score (nSPS) is 31.7. The van der Waals surface area contributed by atoms with Crippen LogP contribution in [0.15, 0.2) is 29.2 Å². The molecule has 8 nitrogen and oxygen atoms in total. The van der Waals surface area contributed by atoms with Gasteiger partial charge in [-0.3, -0.25) is 9.53 Å². The second kappa shape index (κ2) is 10.9. The van der Waals surface area contributed by atoms with Crippen molar-refractivity contribution in [3.8, 4) is 0 Å². The fourth-order valence-electron chi connectivity index (χ4n) is 5.09. The van der Waals surface area contributed by atoms with Crippen LogP contribution in [0.1, 0.15) is 37.7 Å². The predicted molar refractivity (Wildman–Crippen MR) is 123 cm³/mol. The van der Waals surface area contributed by atoms with E-state index in [2.05, 4.69) is 25.4 Å². The molecule has 0 aromatic heterocycles. The van der Waals surface area contributed by atoms with Crippen LogP contribution in [0.4, 0.5) is 13.2 Å². The molecular formula is C22H30ClF3N4O4S. The second-order valence-electron chi connectivity index (χ2n) is 9.42. The van der Waals surface area contributed by atoms with Gasteiger partial charge >= 0.3 is 6.36 Å². The molecule has 1 amide bonds. The van der Waals surface area contributed by atoms with Gasteiger partial charge in [-0.15, -0.1) is 24.8 Å². The Kier molecular flexibility index (Phi) is 8.29. The molecule has 2 aliphatic heterocycles. The van der Waals surface area contributed by atoms with Crippen LogP contribution in [-0.4, -0.2) is 63.4 Å². The van der Waals surface area contributed by atoms with Gasteiger partial charge in [0.2, 0.25) is 15.9 Å². The summed E-state index contributed by atoms with van der Waals surface area (Å²) >= 11 is 5.98. The molecule has 35 heavy (non-hydrogen) atoms. The first kappa shape index (κ1) is 26.6. The Morgan fingerprint density at radius 2 is 1.89 bits per heavy atom. The summed E-state index contributed by atoms with van der Waals surface area (Å²) in [6, 6.07) is 4.93. The Balaban J connectivity index is 1.32. The number of benzene rings is 1. The van der Waals surface area contributed by atoms with Crippen LogP contribution >= 0.6 is 11.6 Å². The standard InChI is InChI=1S/C22H30ClF3N4O4S/c23-15-3-6-18(20(10-15)34-22(24,25)26)30-35(32,33)16-4-1-13(2-5-16)11-28-21(31)19-9-14-12-27-8-7-17(14)29-19/h1-2,4-5,14-15,17-20,27,29-30H,3,6-12H2,(H,28,31). The molecule has 1 aliphatic carbocycles. The van der Waals surface area contributed by atoms with E-state index >= 15 is 0 Å². The molecule has 3 fully saturated rings. The summed E-state index contributed by atoms with van der Waals surface area (Å²) in [5, 5.41) is 9.10. The average Bonchev–Trinajstić information content (AvgIpc) is 3.23. The van der Waals surface area contributed by atoms with Crippen LogP contribution < -0.4 is 20.7 Å². The molecule has 0 bridgehead atoms. The third-order valence-corrected chi connectivity index (χ3v) is 8.80. The number of amides is 1. The van der Waals surface area contributed by atoms with Crippen molar-refractivity contribution in [2.24, 2.45) is 5.92 Å². The van der Waals surface area contributed by atoms with Crippen molar-refractivity contribution in [1.82, 2.24) is 20.7 Å². The lowest BCUT2D eigenvalue weighted by atomic mass is 9.93. The Morgan fingerprint density at radius 1 is 1.14 bits per heavy atom. The summed E-state index contributed by atoms with van der Waals surface area (Å²) in [5.41, 5.74) is 0.704. The number of fused-ring (bicyclic) bond motifs is 1. The molecule has 0 radical (unpaired) electrons. The number of piperidine rings is 1. The molecule has 4 N–H and O–H groups in total. The van der Waals surface area contributed by atoms with Gasteiger partial charge in [0.25, 0.3) is 0 Å². The van der Waals surface area contributed by atoms with Crippen molar-refractivity contribution in [3.63, 3.8) is 0 Å². The maximum absolute atomic E-state index is 12.8. The van der Waals surface area contributed by atoms with Crippen LogP contribution in [0.5, 0.6) is 0 Å². The van der Waals surface area contributed by atoms with Crippen molar-refractivity contribution in [2.45, 2.75) is 79.5 Å². The SMILES string of the molecule is O=C(NCc1ccc(S(=O)(=O)NC2CCC(Cl)CC2OC(F)(F)F)cc1)C1CC2CNCCC2N1. The van der Waals surface area contributed by atoms with Gasteiger partial charge in [-0.2, -0.15) is 0 Å². The van der Waals surface area contributed by atoms with Crippen LogP contribution in [0.3, 0.4) is 0 Å². The zero-order chi connectivity index (χ0) is 25.2. The number of hydrogen-bond acceptors (Lipinski definition) is 6. The highest BCUT2D eigenvalue weighted by Gasteiger charge is 2.41. The molecule has 1 aromatic carbocycles. The van der Waals surface area contributed by atoms with Crippen molar-refractivity contribution in [3.05, 3.63) is 29.8 Å². The summed E-state index contributed by atoms with van der Waals surface area (Å²) in [7, 11) is -4.08. The summed E-state index contributed by atoms with van der Waals surface area (Å²) in [6.07, 6.45) is -4.13. The zero-order valence-corrected chi connectivity index (χ0v) is 20.6. The van der Waals surface area contributed by atoms with E-state index in [4.69, 9.17) is 11.6 Å². The van der Waals surface area contributed by atoms with E-state index in [9.17, 15) is 26.4 Å². The number of sulfonamides is 1. The molecule has 4 rings (SSSR count). The number of alkyl halides is 4. The van der Waals surface area contributed by atoms with Crippen LogP contribution in [-0.2, 0) is 26.1 Å². The predicted octanol–water partition coefficient (Wildman–Crippen LogP) is 1.99. The minimum Gasteiger partial charge on any atom is -0.351 e. The summed E-state index contributed by atoms with van der Waals surface area (Å²) in [4.78, 5) is 12.5. The van der Waals surface area contributed by atoms with E-state index in [1.807, 2.05) is 0 Å². The Bertz CT molecular complexity index is 981. The molecule has 2 saturated heterocycles. The van der Waals surface area contributed by atoms with Gasteiger partial charge in [0.05, 0.1) is 17.0 Å². The molecule has 1 aromatic rings. The van der Waals surface area contributed by atoms with Gasteiger partial charge in [-0.1, -0.05) is 12.1 Å². The maximum atomic E-state index is 12.8. The highest BCUT2D eigenvalue weighted by Crippen LogP contribution is 2.31. The first-order valence-electron chi connectivity index (χ1n) is 11.7. The van der Waals surface area contributed by atoms with Crippen molar-refractivity contribution >= 4 is 27.5 Å². The topological polar surface area (TPSA) is 109 Å². The van der Waals surface area contributed by atoms with Crippen molar-refractivity contribution in [1.29, 1.82) is 0 Å². The smallest absolute Gasteiger partial charge is 0.351 e. The second-order valence-corrected chi connectivity index (χ2v) is 11.7. The average molecular weight is 539 g/mol. The number of halogens is 4. The van der Waals surface area contributed by atoms with Gasteiger partial charge in [-0.05, 0) is 68.8 Å². The molecule has 6 atom stereocenters. The fraction of sp³-hybridized carbons (Fsp3) is 0.682. The molecule has 0 spiro atoms. The van der Waals surface area contributed by atoms with Crippen molar-refractivity contribution in [2.75, 3.05) is 13.1 Å². The highest BCUT2D eigenvalue weighted by molar-refractivity contribution is 7.89. The number of nitrogens with one attached hydrogen (secondary N) is 4. The third kappa shape index (κ3) is 7.07. The molecule has 6 unspecified atom stereocenters. The molecule has 3 aliphatic rings. The summed E-state index contributed by atoms with van der Waals surface area (Å²) in [5.74, 6) is 0.348. The van der Waals surface area contributed by atoms with E-state index in [1.54, 1.807) is 12.1 Å². The summed E-state index contributed by atoms with van der Waals surface area (Å²) < 4.78 is 70.4. The fourth-order valence-corrected chi connectivity index (χ4v) is 6.69. The van der Waals surface area contributed by atoms with Crippen LogP contribution in [0.2, 0.25) is 0 Å². The largest absolute Gasteiger partial charge is 0.522 e. The first-order valence-corrected chi connectivity index (χ1v) is 13.7. The van der Waals surface area contributed by atoms with E-state index < -0.39 is 33.9 Å². The number of carbonyl (C=O) groups is 1. The quantitative estimate of drug-likeness (QED) is 0.395. The molecular weight excluding hydrogens is 509 g/mol. The Morgan fingerprint density at radius 3 is 2.57 bits per heavy atom. The van der Waals surface area contributed by atoms with E-state index in [0.717, 1.165) is 25.9 Å². The van der Waals surface area contributed by atoms with Crippen LogP contribution in [0.25, 0.3) is 0 Å². The monoisotopic (exact) mass is 538 g/mol. The molecule has 13 heteroatoms. The lowest BCUT2D eigenvalue weighted by Crippen LogP contribution is -2.49. The van der Waals surface area contributed by atoms with Crippen molar-refractivity contribution < 1.29 is 31.1 Å². The Hall–Kier alpha value is -1.44. The lowest BCUT2D eigenvalue weighted by molar-refractivity contribution is -0.347. The van der Waals surface area contributed by atoms with E-state index in [1.165, 1.54) is 12.1 Å². The van der Waals surface area contributed by atoms with Gasteiger partial charge < -0.3 is 16.0 Å². The maximum Gasteiger partial charge on any atom is 0.522 e. The van der Waals surface area contributed by atoms with Gasteiger partial charge in [0.15, 0.2) is 0 Å². The van der Waals surface area contributed by atoms with E-state index in [-0.39, 0.29) is 36.2 Å². The number of carbonyl (C=O) groups excluding carboxylic acids is 1. The number of rotatable bonds is 7.